The minimum atomic E-state index is -5.80. The van der Waals surface area contributed by atoms with Gasteiger partial charge in [0, 0.05) is 0 Å². The van der Waals surface area contributed by atoms with Crippen molar-refractivity contribution in [3.8, 4) is 0 Å². The van der Waals surface area contributed by atoms with Crippen LogP contribution in [0.1, 0.15) is 0 Å². The summed E-state index contributed by atoms with van der Waals surface area (Å²) in [6.07, 6.45) is -10.4. The maximum atomic E-state index is 11.9. The zero-order valence-electron chi connectivity index (χ0n) is 5.13. The third-order valence-electron chi connectivity index (χ3n) is 0.868. The molecule has 0 N–H and O–H groups in total. The van der Waals surface area contributed by atoms with Gasteiger partial charge in [-0.15, -0.1) is 0 Å². The summed E-state index contributed by atoms with van der Waals surface area (Å²) in [4.78, 5) is 9.63. The third-order valence-corrected chi connectivity index (χ3v) is 1.12. The Kier molecular flexibility index (Phi) is 3.00. The number of halogens is 7. The highest BCUT2D eigenvalue weighted by Crippen LogP contribution is 2.36. The molecule has 1 atom stereocenters. The van der Waals surface area contributed by atoms with Gasteiger partial charge in [-0.25, -0.2) is 4.39 Å². The van der Waals surface area contributed by atoms with E-state index in [0.717, 1.165) is 0 Å². The van der Waals surface area contributed by atoms with E-state index in [1.165, 1.54) is 0 Å². The van der Waals surface area contributed by atoms with Crippen molar-refractivity contribution in [2.45, 2.75) is 18.3 Å². The maximum Gasteiger partial charge on any atom is 0.426 e. The average molecular weight is 214 g/mol. The first kappa shape index (κ1) is 11.5. The molecular formula is C4HClF6O. The minimum absolute atomic E-state index is 2.67. The summed E-state index contributed by atoms with van der Waals surface area (Å²) >= 11 is 4.04. The molecule has 8 heteroatoms. The van der Waals surface area contributed by atoms with Crippen molar-refractivity contribution in [2.75, 3.05) is 0 Å². The summed E-state index contributed by atoms with van der Waals surface area (Å²) < 4.78 is 69.2. The average Bonchev–Trinajstić information content (AvgIpc) is 1.83. The summed E-state index contributed by atoms with van der Waals surface area (Å²) in [6.45, 7) is 0. The van der Waals surface area contributed by atoms with Gasteiger partial charge in [-0.3, -0.25) is 4.79 Å². The lowest BCUT2D eigenvalue weighted by atomic mass is 10.2. The zero-order valence-corrected chi connectivity index (χ0v) is 5.89. The Morgan fingerprint density at radius 3 is 1.58 bits per heavy atom. The largest absolute Gasteiger partial charge is 0.426 e. The summed E-state index contributed by atoms with van der Waals surface area (Å²) in [5, 5.41) is -2.67. The molecule has 0 heterocycles. The lowest BCUT2D eigenvalue weighted by molar-refractivity contribution is -0.236. The van der Waals surface area contributed by atoms with E-state index in [9.17, 15) is 31.1 Å². The summed E-state index contributed by atoms with van der Waals surface area (Å²) in [7, 11) is 0. The summed E-state index contributed by atoms with van der Waals surface area (Å²) in [6, 6.07) is 0. The monoisotopic (exact) mass is 214 g/mol. The first-order valence-corrected chi connectivity index (χ1v) is 2.76. The number of carbonyl (C=O) groups excluding carboxylic acids is 1. The van der Waals surface area contributed by atoms with Gasteiger partial charge >= 0.3 is 12.1 Å². The molecule has 0 rings (SSSR count). The van der Waals surface area contributed by atoms with Gasteiger partial charge in [-0.1, -0.05) is 0 Å². The van der Waals surface area contributed by atoms with Crippen LogP contribution in [0.4, 0.5) is 26.3 Å². The predicted octanol–water partition coefficient (Wildman–Crippen LogP) is 2.29. The van der Waals surface area contributed by atoms with Crippen molar-refractivity contribution in [2.24, 2.45) is 0 Å². The van der Waals surface area contributed by atoms with Crippen molar-refractivity contribution < 1.29 is 31.1 Å². The molecular weight excluding hydrogens is 213 g/mol. The predicted molar refractivity (Wildman–Crippen MR) is 26.8 cm³/mol. The van der Waals surface area contributed by atoms with E-state index in [0.29, 0.717) is 0 Å². The van der Waals surface area contributed by atoms with Gasteiger partial charge in [-0.2, -0.15) is 22.0 Å². The molecule has 0 spiro atoms. The van der Waals surface area contributed by atoms with Crippen molar-refractivity contribution in [1.29, 1.82) is 0 Å². The van der Waals surface area contributed by atoms with Crippen LogP contribution in [-0.4, -0.2) is 23.5 Å². The van der Waals surface area contributed by atoms with Crippen molar-refractivity contribution in [3.05, 3.63) is 0 Å². The van der Waals surface area contributed by atoms with Gasteiger partial charge in [0.05, 0.1) is 0 Å². The fourth-order valence-electron chi connectivity index (χ4n) is 0.305. The van der Waals surface area contributed by atoms with E-state index in [-0.39, 0.29) is 0 Å². The molecule has 1 unspecified atom stereocenters. The van der Waals surface area contributed by atoms with Crippen LogP contribution >= 0.6 is 11.6 Å². The van der Waals surface area contributed by atoms with Crippen LogP contribution in [0.25, 0.3) is 0 Å². The molecule has 0 fully saturated rings. The molecule has 0 amide bonds. The molecule has 72 valence electrons. The van der Waals surface area contributed by atoms with Crippen LogP contribution < -0.4 is 0 Å². The topological polar surface area (TPSA) is 17.1 Å². The second-order valence-electron chi connectivity index (χ2n) is 1.80. The molecule has 0 aromatic rings. The van der Waals surface area contributed by atoms with Gasteiger partial charge < -0.3 is 0 Å². The molecule has 0 radical (unpaired) electrons. The summed E-state index contributed by atoms with van der Waals surface area (Å²) in [5.74, 6) is -5.22. The molecule has 0 aliphatic rings. The van der Waals surface area contributed by atoms with Crippen LogP contribution in [-0.2, 0) is 4.79 Å². The van der Waals surface area contributed by atoms with E-state index in [2.05, 4.69) is 11.6 Å². The number of hydrogen-bond donors (Lipinski definition) is 0. The van der Waals surface area contributed by atoms with Crippen LogP contribution in [0.3, 0.4) is 0 Å². The molecule has 0 aromatic carbocycles. The Hall–Kier alpha value is -0.460. The number of hydrogen-bond acceptors (Lipinski definition) is 1. The van der Waals surface area contributed by atoms with E-state index in [1.807, 2.05) is 0 Å². The fraction of sp³-hybridized carbons (Fsp3) is 0.750. The Morgan fingerprint density at radius 2 is 1.50 bits per heavy atom. The van der Waals surface area contributed by atoms with Crippen LogP contribution in [0.15, 0.2) is 0 Å². The smallest absolute Gasteiger partial charge is 0.274 e. The standard InChI is InChI=1S/C4HClF6O/c5-2(12)3(7,8)1(6)4(9,10)11/h1H. The second-order valence-corrected chi connectivity index (χ2v) is 2.14. The molecule has 0 aliphatic heterocycles. The summed E-state index contributed by atoms with van der Waals surface area (Å²) in [5.41, 5.74) is 0. The quantitative estimate of drug-likeness (QED) is 0.509. The molecule has 0 bridgehead atoms. The third kappa shape index (κ3) is 2.26. The first-order valence-electron chi connectivity index (χ1n) is 2.38. The second kappa shape index (κ2) is 3.12. The highest BCUT2D eigenvalue weighted by molar-refractivity contribution is 6.65. The van der Waals surface area contributed by atoms with Crippen LogP contribution in [0.2, 0.25) is 0 Å². The van der Waals surface area contributed by atoms with Gasteiger partial charge in [-0.05, 0) is 11.6 Å². The van der Waals surface area contributed by atoms with Crippen LogP contribution in [0.5, 0.6) is 0 Å². The molecule has 0 aliphatic carbocycles. The SMILES string of the molecule is O=C(Cl)C(F)(F)C(F)C(F)(F)F. The van der Waals surface area contributed by atoms with Crippen molar-refractivity contribution >= 4 is 16.8 Å². The number of alkyl halides is 6. The van der Waals surface area contributed by atoms with E-state index >= 15 is 0 Å². The highest BCUT2D eigenvalue weighted by Gasteiger charge is 2.60. The van der Waals surface area contributed by atoms with E-state index in [4.69, 9.17) is 0 Å². The normalized spacial score (nSPS) is 15.9. The first-order chi connectivity index (χ1) is 5.10. The lowest BCUT2D eigenvalue weighted by Crippen LogP contribution is -2.45. The van der Waals surface area contributed by atoms with Gasteiger partial charge in [0.1, 0.15) is 0 Å². The Labute approximate surface area is 67.3 Å². The van der Waals surface area contributed by atoms with Gasteiger partial charge in [0.15, 0.2) is 0 Å². The minimum Gasteiger partial charge on any atom is -0.274 e. The number of carbonyl (C=O) groups is 1. The van der Waals surface area contributed by atoms with E-state index < -0.39 is 23.5 Å². The fourth-order valence-corrected chi connectivity index (χ4v) is 0.401. The van der Waals surface area contributed by atoms with Crippen molar-refractivity contribution in [3.63, 3.8) is 0 Å². The molecule has 0 aromatic heterocycles. The van der Waals surface area contributed by atoms with Gasteiger partial charge in [0.2, 0.25) is 0 Å². The Balaban J connectivity index is 4.69. The number of rotatable bonds is 2. The Bertz CT molecular complexity index is 186. The zero-order chi connectivity index (χ0) is 10.2. The highest BCUT2D eigenvalue weighted by atomic mass is 35.5. The van der Waals surface area contributed by atoms with Crippen LogP contribution in [0, 0.1) is 0 Å². The lowest BCUT2D eigenvalue weighted by Gasteiger charge is -2.18. The Morgan fingerprint density at radius 1 is 1.17 bits per heavy atom. The molecule has 0 saturated heterocycles. The molecule has 0 saturated carbocycles. The molecule has 1 nitrogen and oxygen atoms in total. The van der Waals surface area contributed by atoms with Crippen molar-refractivity contribution in [1.82, 2.24) is 0 Å². The van der Waals surface area contributed by atoms with Gasteiger partial charge in [0.25, 0.3) is 11.4 Å². The molecule has 12 heavy (non-hydrogen) atoms. The van der Waals surface area contributed by atoms with E-state index in [1.54, 1.807) is 0 Å². The maximum absolute atomic E-state index is 11.9.